The molecule has 1 aliphatic carbocycles. The van der Waals surface area contributed by atoms with Crippen molar-refractivity contribution in [2.24, 2.45) is 5.92 Å². The summed E-state index contributed by atoms with van der Waals surface area (Å²) in [5.41, 5.74) is 2.15. The third-order valence-electron chi connectivity index (χ3n) is 7.41. The van der Waals surface area contributed by atoms with Gasteiger partial charge in [0.25, 0.3) is 0 Å². The van der Waals surface area contributed by atoms with E-state index in [0.717, 1.165) is 49.7 Å². The molecular formula is C26H38N4OS. The van der Waals surface area contributed by atoms with Crippen LogP contribution in [-0.4, -0.2) is 56.7 Å². The first-order valence-electron chi connectivity index (χ1n) is 12.4. The minimum atomic E-state index is -0.169. The number of benzene rings is 1. The zero-order valence-electron chi connectivity index (χ0n) is 19.6. The third kappa shape index (κ3) is 4.91. The van der Waals surface area contributed by atoms with Crippen molar-refractivity contribution in [2.75, 3.05) is 25.4 Å². The van der Waals surface area contributed by atoms with Crippen LogP contribution in [0.1, 0.15) is 64.2 Å². The van der Waals surface area contributed by atoms with Crippen LogP contribution in [0.25, 0.3) is 11.3 Å². The summed E-state index contributed by atoms with van der Waals surface area (Å²) in [6.07, 6.45) is 9.73. The van der Waals surface area contributed by atoms with Gasteiger partial charge in [0, 0.05) is 30.6 Å². The van der Waals surface area contributed by atoms with Crippen molar-refractivity contribution >= 4 is 18.5 Å². The lowest BCUT2D eigenvalue weighted by atomic mass is 9.84. The van der Waals surface area contributed by atoms with Crippen LogP contribution in [0, 0.1) is 5.92 Å². The molecule has 1 aliphatic heterocycles. The fourth-order valence-corrected chi connectivity index (χ4v) is 5.96. The molecule has 1 amide bonds. The lowest BCUT2D eigenvalue weighted by Crippen LogP contribution is -2.53. The standard InChI is InChI=1S/C26H38N4OS/c1-3-28(4-2)24(19-32)26(31)30-16-15-29-18-22(21-13-9-6-10-14-21)27-25(29)23(30)17-20-11-7-5-8-12-20/h6,9-10,13-14,18,20,23-24,32H,3-5,7-8,11-12,15-17,19H2,1-2H3/t23-,24+/m0/s1. The average Bonchev–Trinajstić information content (AvgIpc) is 3.28. The number of carbonyl (C=O) groups is 1. The second-order valence-corrected chi connectivity index (χ2v) is 9.62. The molecule has 6 heteroatoms. The Morgan fingerprint density at radius 3 is 2.50 bits per heavy atom. The Labute approximate surface area is 198 Å². The maximum atomic E-state index is 13.8. The van der Waals surface area contributed by atoms with Gasteiger partial charge in [0.2, 0.25) is 5.91 Å². The van der Waals surface area contributed by atoms with E-state index in [4.69, 9.17) is 4.98 Å². The number of likely N-dealkylation sites (N-methyl/N-ethyl adjacent to an activating group) is 1. The SMILES string of the molecule is CCN(CC)[C@H](CS)C(=O)N1CCn2cc(-c3ccccc3)nc2[C@@H]1CC1CCCCC1. The van der Waals surface area contributed by atoms with E-state index in [1.165, 1.54) is 32.1 Å². The zero-order valence-corrected chi connectivity index (χ0v) is 20.5. The predicted octanol–water partition coefficient (Wildman–Crippen LogP) is 5.04. The van der Waals surface area contributed by atoms with Crippen LogP contribution in [-0.2, 0) is 11.3 Å². The molecule has 2 aliphatic rings. The molecular weight excluding hydrogens is 416 g/mol. The minimum absolute atomic E-state index is 0.0507. The smallest absolute Gasteiger partial charge is 0.241 e. The van der Waals surface area contributed by atoms with E-state index in [9.17, 15) is 4.79 Å². The number of carbonyl (C=O) groups excluding carboxylic acids is 1. The molecule has 1 fully saturated rings. The summed E-state index contributed by atoms with van der Waals surface area (Å²) in [5, 5.41) is 0. The van der Waals surface area contributed by atoms with E-state index in [1.807, 2.05) is 6.07 Å². The van der Waals surface area contributed by atoms with Crippen molar-refractivity contribution in [2.45, 2.75) is 71.0 Å². The molecule has 1 saturated carbocycles. The van der Waals surface area contributed by atoms with Crippen LogP contribution in [0.3, 0.4) is 0 Å². The summed E-state index contributed by atoms with van der Waals surface area (Å²) in [4.78, 5) is 23.3. The van der Waals surface area contributed by atoms with E-state index in [-0.39, 0.29) is 18.0 Å². The molecule has 1 aromatic carbocycles. The van der Waals surface area contributed by atoms with Gasteiger partial charge in [0.1, 0.15) is 5.82 Å². The monoisotopic (exact) mass is 454 g/mol. The Morgan fingerprint density at radius 1 is 1.12 bits per heavy atom. The van der Waals surface area contributed by atoms with Crippen LogP contribution in [0.5, 0.6) is 0 Å². The summed E-state index contributed by atoms with van der Waals surface area (Å²) < 4.78 is 2.30. The molecule has 0 saturated heterocycles. The first-order valence-corrected chi connectivity index (χ1v) is 13.1. The van der Waals surface area contributed by atoms with Crippen molar-refractivity contribution in [3.8, 4) is 11.3 Å². The molecule has 0 radical (unpaired) electrons. The number of amides is 1. The van der Waals surface area contributed by atoms with E-state index in [2.05, 4.69) is 71.3 Å². The van der Waals surface area contributed by atoms with Crippen molar-refractivity contribution < 1.29 is 4.79 Å². The van der Waals surface area contributed by atoms with Crippen molar-refractivity contribution in [1.82, 2.24) is 19.4 Å². The number of imidazole rings is 1. The van der Waals surface area contributed by atoms with E-state index < -0.39 is 0 Å². The fraction of sp³-hybridized carbons (Fsp3) is 0.615. The molecule has 1 aromatic heterocycles. The Kier molecular flexibility index (Phi) is 7.95. The quantitative estimate of drug-likeness (QED) is 0.568. The van der Waals surface area contributed by atoms with E-state index >= 15 is 0 Å². The Morgan fingerprint density at radius 2 is 1.84 bits per heavy atom. The highest BCUT2D eigenvalue weighted by Gasteiger charge is 2.38. The second kappa shape index (κ2) is 10.9. The number of nitrogens with zero attached hydrogens (tertiary/aromatic N) is 4. The Hall–Kier alpha value is -1.79. The topological polar surface area (TPSA) is 41.4 Å². The molecule has 0 bridgehead atoms. The molecule has 32 heavy (non-hydrogen) atoms. The summed E-state index contributed by atoms with van der Waals surface area (Å²) in [6, 6.07) is 10.3. The van der Waals surface area contributed by atoms with E-state index in [1.54, 1.807) is 0 Å². The molecule has 0 N–H and O–H groups in total. The first kappa shape index (κ1) is 23.4. The molecule has 2 atom stereocenters. The van der Waals surface area contributed by atoms with Gasteiger partial charge in [0.15, 0.2) is 0 Å². The van der Waals surface area contributed by atoms with Crippen LogP contribution >= 0.6 is 12.6 Å². The highest BCUT2D eigenvalue weighted by atomic mass is 32.1. The molecule has 174 valence electrons. The summed E-state index contributed by atoms with van der Waals surface area (Å²) in [7, 11) is 0. The highest BCUT2D eigenvalue weighted by molar-refractivity contribution is 7.80. The number of hydrogen-bond acceptors (Lipinski definition) is 4. The average molecular weight is 455 g/mol. The Balaban J connectivity index is 1.66. The third-order valence-corrected chi connectivity index (χ3v) is 7.75. The normalized spacial score (nSPS) is 20.4. The van der Waals surface area contributed by atoms with Crippen molar-refractivity contribution in [3.63, 3.8) is 0 Å². The zero-order chi connectivity index (χ0) is 22.5. The van der Waals surface area contributed by atoms with Crippen LogP contribution in [0.2, 0.25) is 0 Å². The molecule has 5 nitrogen and oxygen atoms in total. The van der Waals surface area contributed by atoms with Gasteiger partial charge < -0.3 is 9.47 Å². The lowest BCUT2D eigenvalue weighted by molar-refractivity contribution is -0.140. The van der Waals surface area contributed by atoms with E-state index in [0.29, 0.717) is 11.7 Å². The van der Waals surface area contributed by atoms with Gasteiger partial charge in [-0.2, -0.15) is 12.6 Å². The number of thiol groups is 1. The number of aromatic nitrogens is 2. The van der Waals surface area contributed by atoms with Crippen LogP contribution in [0.15, 0.2) is 36.5 Å². The Bertz CT molecular complexity index is 873. The van der Waals surface area contributed by atoms with Gasteiger partial charge >= 0.3 is 0 Å². The molecule has 2 heterocycles. The fourth-order valence-electron chi connectivity index (χ4n) is 5.57. The van der Waals surface area contributed by atoms with Gasteiger partial charge in [-0.05, 0) is 25.4 Å². The number of hydrogen-bond donors (Lipinski definition) is 1. The predicted molar refractivity (Wildman–Crippen MR) is 134 cm³/mol. The van der Waals surface area contributed by atoms with Crippen molar-refractivity contribution in [3.05, 3.63) is 42.4 Å². The molecule has 2 aromatic rings. The van der Waals surface area contributed by atoms with Gasteiger partial charge in [-0.15, -0.1) is 0 Å². The van der Waals surface area contributed by atoms with Crippen LogP contribution < -0.4 is 0 Å². The first-order chi connectivity index (χ1) is 15.7. The molecule has 0 spiro atoms. The summed E-state index contributed by atoms with van der Waals surface area (Å²) >= 11 is 4.58. The number of rotatable bonds is 8. The lowest BCUT2D eigenvalue weighted by Gasteiger charge is -2.41. The second-order valence-electron chi connectivity index (χ2n) is 9.25. The van der Waals surface area contributed by atoms with Gasteiger partial charge in [-0.1, -0.05) is 76.3 Å². The molecule has 4 rings (SSSR count). The van der Waals surface area contributed by atoms with Gasteiger partial charge in [-0.25, -0.2) is 4.98 Å². The summed E-state index contributed by atoms with van der Waals surface area (Å²) in [6.45, 7) is 7.53. The number of fused-ring (bicyclic) bond motifs is 1. The maximum absolute atomic E-state index is 13.8. The molecule has 0 unspecified atom stereocenters. The summed E-state index contributed by atoms with van der Waals surface area (Å²) in [5.74, 6) is 2.51. The largest absolute Gasteiger partial charge is 0.331 e. The minimum Gasteiger partial charge on any atom is -0.331 e. The maximum Gasteiger partial charge on any atom is 0.241 e. The van der Waals surface area contributed by atoms with Gasteiger partial charge in [0.05, 0.1) is 17.8 Å². The van der Waals surface area contributed by atoms with Crippen LogP contribution in [0.4, 0.5) is 0 Å². The highest BCUT2D eigenvalue weighted by Crippen LogP contribution is 2.38. The van der Waals surface area contributed by atoms with Gasteiger partial charge in [-0.3, -0.25) is 9.69 Å². The van der Waals surface area contributed by atoms with Crippen molar-refractivity contribution in [1.29, 1.82) is 0 Å².